The first-order chi connectivity index (χ1) is 6.69. The van der Waals surface area contributed by atoms with Crippen LogP contribution in [0, 0.1) is 6.92 Å². The number of aliphatic hydroxyl groups is 1. The third-order valence-corrected chi connectivity index (χ3v) is 2.30. The molecule has 0 bridgehead atoms. The maximum Gasteiger partial charge on any atom is 0.122 e. The van der Waals surface area contributed by atoms with E-state index in [2.05, 4.69) is 0 Å². The number of hydrogen-bond donors (Lipinski definition) is 2. The molecule has 4 nitrogen and oxygen atoms in total. The summed E-state index contributed by atoms with van der Waals surface area (Å²) in [6.07, 6.45) is 0. The summed E-state index contributed by atoms with van der Waals surface area (Å²) in [5.74, 6) is 1.75. The first-order valence-electron chi connectivity index (χ1n) is 4.76. The predicted molar refractivity (Wildman–Crippen MR) is 55.0 cm³/mol. The number of nitrogens with two attached hydrogens (primary N) is 1. The molecule has 1 atom stereocenters. The molecule has 0 amide bonds. The summed E-state index contributed by atoms with van der Waals surface area (Å²) in [7, 11) is 1.92. The van der Waals surface area contributed by atoms with Crippen molar-refractivity contribution in [1.82, 2.24) is 4.90 Å². The van der Waals surface area contributed by atoms with E-state index in [0.717, 1.165) is 11.5 Å². The highest BCUT2D eigenvalue weighted by Gasteiger charge is 2.17. The van der Waals surface area contributed by atoms with Crippen molar-refractivity contribution < 1.29 is 9.52 Å². The van der Waals surface area contributed by atoms with Crippen molar-refractivity contribution in [3.8, 4) is 0 Å². The van der Waals surface area contributed by atoms with Gasteiger partial charge in [0.05, 0.1) is 12.6 Å². The molecule has 0 aromatic carbocycles. The Morgan fingerprint density at radius 2 is 2.29 bits per heavy atom. The maximum absolute atomic E-state index is 8.82. The van der Waals surface area contributed by atoms with Crippen LogP contribution in [-0.4, -0.2) is 36.8 Å². The molecule has 0 fully saturated rings. The molecule has 4 heteroatoms. The van der Waals surface area contributed by atoms with Gasteiger partial charge in [-0.05, 0) is 26.1 Å². The highest BCUT2D eigenvalue weighted by atomic mass is 16.3. The third-order valence-electron chi connectivity index (χ3n) is 2.30. The van der Waals surface area contributed by atoms with Gasteiger partial charge in [0.25, 0.3) is 0 Å². The summed E-state index contributed by atoms with van der Waals surface area (Å²) in [5, 5.41) is 8.82. The molecule has 1 aromatic rings. The normalized spacial score (nSPS) is 13.5. The number of aliphatic hydroxyl groups excluding tert-OH is 1. The van der Waals surface area contributed by atoms with Crippen molar-refractivity contribution in [1.29, 1.82) is 0 Å². The molecule has 1 rings (SSSR count). The van der Waals surface area contributed by atoms with Gasteiger partial charge in [-0.25, -0.2) is 0 Å². The van der Waals surface area contributed by atoms with E-state index in [1.165, 1.54) is 0 Å². The Bertz CT molecular complexity index is 273. The van der Waals surface area contributed by atoms with Crippen LogP contribution in [0.25, 0.3) is 0 Å². The molecule has 1 unspecified atom stereocenters. The second kappa shape index (κ2) is 5.14. The fourth-order valence-corrected chi connectivity index (χ4v) is 1.46. The second-order valence-corrected chi connectivity index (χ2v) is 3.40. The number of hydrogen-bond acceptors (Lipinski definition) is 4. The Morgan fingerprint density at radius 1 is 1.57 bits per heavy atom. The molecule has 0 saturated heterocycles. The molecule has 0 aliphatic carbocycles. The molecule has 80 valence electrons. The number of nitrogens with zero attached hydrogens (tertiary/aromatic N) is 1. The Hall–Kier alpha value is -0.840. The van der Waals surface area contributed by atoms with Crippen LogP contribution in [0.2, 0.25) is 0 Å². The predicted octanol–water partition coefficient (Wildman–Crippen LogP) is 0.512. The zero-order chi connectivity index (χ0) is 10.6. The molecular weight excluding hydrogens is 180 g/mol. The summed E-state index contributed by atoms with van der Waals surface area (Å²) in [5.41, 5.74) is 5.66. The first kappa shape index (κ1) is 11.2. The standard InChI is InChI=1S/C10H18N2O2/c1-8-3-4-10(14-8)9(7-11)12(2)5-6-13/h3-4,9,13H,5-7,11H2,1-2H3. The van der Waals surface area contributed by atoms with Crippen molar-refractivity contribution in [2.75, 3.05) is 26.7 Å². The first-order valence-corrected chi connectivity index (χ1v) is 4.76. The van der Waals surface area contributed by atoms with Gasteiger partial charge in [0, 0.05) is 13.1 Å². The minimum atomic E-state index is 0.0517. The summed E-state index contributed by atoms with van der Waals surface area (Å²) < 4.78 is 5.50. The van der Waals surface area contributed by atoms with Gasteiger partial charge in [-0.1, -0.05) is 0 Å². The minimum absolute atomic E-state index is 0.0517. The van der Waals surface area contributed by atoms with E-state index in [4.69, 9.17) is 15.3 Å². The van der Waals surface area contributed by atoms with E-state index >= 15 is 0 Å². The van der Waals surface area contributed by atoms with Gasteiger partial charge in [0.2, 0.25) is 0 Å². The van der Waals surface area contributed by atoms with E-state index in [0.29, 0.717) is 13.1 Å². The van der Waals surface area contributed by atoms with E-state index < -0.39 is 0 Å². The Kier molecular flexibility index (Phi) is 4.13. The molecule has 0 aliphatic heterocycles. The van der Waals surface area contributed by atoms with Gasteiger partial charge in [0.15, 0.2) is 0 Å². The maximum atomic E-state index is 8.82. The number of furan rings is 1. The summed E-state index contributed by atoms with van der Waals surface area (Å²) in [6.45, 7) is 3.13. The van der Waals surface area contributed by atoms with Crippen LogP contribution in [0.4, 0.5) is 0 Å². The molecule has 0 spiro atoms. The average molecular weight is 198 g/mol. The van der Waals surface area contributed by atoms with E-state index in [-0.39, 0.29) is 12.6 Å². The smallest absolute Gasteiger partial charge is 0.122 e. The summed E-state index contributed by atoms with van der Waals surface area (Å²) in [4.78, 5) is 1.98. The number of aryl methyl sites for hydroxylation is 1. The SMILES string of the molecule is Cc1ccc(C(CN)N(C)CCO)o1. The van der Waals surface area contributed by atoms with Gasteiger partial charge in [-0.3, -0.25) is 4.90 Å². The minimum Gasteiger partial charge on any atom is -0.465 e. The van der Waals surface area contributed by atoms with Gasteiger partial charge in [-0.2, -0.15) is 0 Å². The van der Waals surface area contributed by atoms with Crippen LogP contribution in [0.1, 0.15) is 17.6 Å². The van der Waals surface area contributed by atoms with Gasteiger partial charge in [-0.15, -0.1) is 0 Å². The zero-order valence-corrected chi connectivity index (χ0v) is 8.73. The van der Waals surface area contributed by atoms with Gasteiger partial charge < -0.3 is 15.3 Å². The van der Waals surface area contributed by atoms with Crippen LogP contribution in [0.15, 0.2) is 16.5 Å². The zero-order valence-electron chi connectivity index (χ0n) is 8.73. The molecule has 1 heterocycles. The Labute approximate surface area is 84.3 Å². The van der Waals surface area contributed by atoms with Crippen LogP contribution in [-0.2, 0) is 0 Å². The Balaban J connectivity index is 2.71. The van der Waals surface area contributed by atoms with Crippen LogP contribution < -0.4 is 5.73 Å². The van der Waals surface area contributed by atoms with Crippen molar-refractivity contribution in [2.24, 2.45) is 5.73 Å². The highest BCUT2D eigenvalue weighted by Crippen LogP contribution is 2.20. The second-order valence-electron chi connectivity index (χ2n) is 3.40. The number of likely N-dealkylation sites (N-methyl/N-ethyl adjacent to an activating group) is 1. The molecule has 1 aromatic heterocycles. The fraction of sp³-hybridized carbons (Fsp3) is 0.600. The lowest BCUT2D eigenvalue weighted by Gasteiger charge is -2.24. The van der Waals surface area contributed by atoms with Crippen molar-refractivity contribution in [2.45, 2.75) is 13.0 Å². The molecular formula is C10H18N2O2. The Morgan fingerprint density at radius 3 is 2.71 bits per heavy atom. The van der Waals surface area contributed by atoms with Crippen molar-refractivity contribution >= 4 is 0 Å². The van der Waals surface area contributed by atoms with E-state index in [9.17, 15) is 0 Å². The van der Waals surface area contributed by atoms with E-state index in [1.54, 1.807) is 0 Å². The van der Waals surface area contributed by atoms with Crippen LogP contribution in [0.5, 0.6) is 0 Å². The largest absolute Gasteiger partial charge is 0.465 e. The lowest BCUT2D eigenvalue weighted by molar-refractivity contribution is 0.168. The molecule has 0 saturated carbocycles. The molecule has 0 radical (unpaired) electrons. The molecule has 14 heavy (non-hydrogen) atoms. The van der Waals surface area contributed by atoms with Gasteiger partial charge >= 0.3 is 0 Å². The van der Waals surface area contributed by atoms with Crippen molar-refractivity contribution in [3.63, 3.8) is 0 Å². The van der Waals surface area contributed by atoms with Gasteiger partial charge in [0.1, 0.15) is 11.5 Å². The quantitative estimate of drug-likeness (QED) is 0.723. The van der Waals surface area contributed by atoms with Crippen LogP contribution >= 0.6 is 0 Å². The highest BCUT2D eigenvalue weighted by molar-refractivity contribution is 5.10. The average Bonchev–Trinajstić information content (AvgIpc) is 2.54. The number of rotatable bonds is 5. The van der Waals surface area contributed by atoms with Crippen molar-refractivity contribution in [3.05, 3.63) is 23.7 Å². The summed E-state index contributed by atoms with van der Waals surface area (Å²) in [6, 6.07) is 3.90. The molecule has 0 aliphatic rings. The topological polar surface area (TPSA) is 62.6 Å². The third kappa shape index (κ3) is 2.57. The van der Waals surface area contributed by atoms with E-state index in [1.807, 2.05) is 31.0 Å². The fourth-order valence-electron chi connectivity index (χ4n) is 1.46. The lowest BCUT2D eigenvalue weighted by Crippen LogP contribution is -2.32. The molecule has 3 N–H and O–H groups in total. The van der Waals surface area contributed by atoms with Crippen LogP contribution in [0.3, 0.4) is 0 Å². The lowest BCUT2D eigenvalue weighted by atomic mass is 10.2. The monoisotopic (exact) mass is 198 g/mol. The summed E-state index contributed by atoms with van der Waals surface area (Å²) >= 11 is 0.